The van der Waals surface area contributed by atoms with E-state index in [-0.39, 0.29) is 30.5 Å². The fourth-order valence-electron chi connectivity index (χ4n) is 6.98. The number of nitrogens with one attached hydrogen (secondary N) is 1. The second-order valence-corrected chi connectivity index (χ2v) is 14.6. The van der Waals surface area contributed by atoms with Gasteiger partial charge in [-0.15, -0.1) is 0 Å². The van der Waals surface area contributed by atoms with Crippen molar-refractivity contribution in [3.8, 4) is 16.9 Å². The van der Waals surface area contributed by atoms with Crippen molar-refractivity contribution in [3.05, 3.63) is 60.2 Å². The normalized spacial score (nSPS) is 21.5. The van der Waals surface area contributed by atoms with Crippen molar-refractivity contribution < 1.29 is 24.2 Å². The van der Waals surface area contributed by atoms with Crippen molar-refractivity contribution in [1.29, 1.82) is 0 Å². The molecule has 0 atom stereocenters. The van der Waals surface area contributed by atoms with Gasteiger partial charge >= 0.3 is 6.09 Å². The monoisotopic (exact) mass is 659 g/mol. The Bertz CT molecular complexity index is 1530. The van der Waals surface area contributed by atoms with Gasteiger partial charge in [-0.3, -0.25) is 14.5 Å². The molecule has 5 rings (SSSR count). The van der Waals surface area contributed by atoms with Crippen LogP contribution in [0, 0.1) is 18.8 Å². The third kappa shape index (κ3) is 9.15. The molecule has 0 bridgehead atoms. The first-order valence-electron chi connectivity index (χ1n) is 17.5. The zero-order valence-electron chi connectivity index (χ0n) is 29.4. The molecule has 0 saturated heterocycles. The lowest BCUT2D eigenvalue weighted by molar-refractivity contribution is -0.124. The van der Waals surface area contributed by atoms with Crippen LogP contribution in [0.2, 0.25) is 0 Å². The first kappa shape index (κ1) is 35.4. The predicted octanol–water partition coefficient (Wildman–Crippen LogP) is 7.21. The van der Waals surface area contributed by atoms with Crippen molar-refractivity contribution in [2.45, 2.75) is 110 Å². The van der Waals surface area contributed by atoms with Gasteiger partial charge in [0.25, 0.3) is 0 Å². The van der Waals surface area contributed by atoms with Crippen LogP contribution in [0.25, 0.3) is 11.1 Å². The molecule has 2 heterocycles. The van der Waals surface area contributed by atoms with Crippen molar-refractivity contribution in [3.63, 3.8) is 0 Å². The number of aryl methyl sites for hydroxylation is 1. The lowest BCUT2D eigenvalue weighted by Gasteiger charge is -2.36. The Morgan fingerprint density at radius 1 is 1.04 bits per heavy atom. The Labute approximate surface area is 285 Å². The number of aliphatic hydroxyl groups is 1. The average molecular weight is 660 g/mol. The van der Waals surface area contributed by atoms with Gasteiger partial charge in [-0.05, 0) is 122 Å². The highest BCUT2D eigenvalue weighted by Gasteiger charge is 2.34. The van der Waals surface area contributed by atoms with Gasteiger partial charge in [-0.1, -0.05) is 12.1 Å². The van der Waals surface area contributed by atoms with Crippen molar-refractivity contribution in [2.75, 3.05) is 25.1 Å². The van der Waals surface area contributed by atoms with Gasteiger partial charge in [-0.25, -0.2) is 4.79 Å². The third-order valence-corrected chi connectivity index (χ3v) is 9.83. The van der Waals surface area contributed by atoms with Crippen LogP contribution in [0.1, 0.15) is 102 Å². The Hall–Kier alpha value is -3.92. The summed E-state index contributed by atoms with van der Waals surface area (Å²) in [5.41, 5.74) is 4.01. The average Bonchev–Trinajstić information content (AvgIpc) is 3.58. The summed E-state index contributed by atoms with van der Waals surface area (Å²) in [5, 5.41) is 17.1. The predicted molar refractivity (Wildman–Crippen MR) is 187 cm³/mol. The molecule has 2 amide bonds. The quantitative estimate of drug-likeness (QED) is 0.223. The minimum Gasteiger partial charge on any atom is -0.495 e. The van der Waals surface area contributed by atoms with E-state index in [1.54, 1.807) is 21.0 Å². The molecule has 0 aliphatic heterocycles. The summed E-state index contributed by atoms with van der Waals surface area (Å²) in [6, 6.07) is 12.7. The molecule has 2 aliphatic rings. The maximum Gasteiger partial charge on any atom is 0.407 e. The standard InChI is InChI=1S/C38H53N5O5/c1-25(2)43-23-31(21-40-43)30-8-7-9-32(20-30)42(22-27-10-12-28(13-11-27)34-18-19-35(47-6)26(3)41-34)36(44)29-14-16-33(17-15-29)48-37(45)39-24-38(4,5)46/h7-9,18-21,23,25,27-29,33,46H,10-17,22,24H2,1-6H3,(H,39,45)/t27-,28-,29-,33-. The van der Waals surface area contributed by atoms with E-state index >= 15 is 0 Å². The molecule has 2 aliphatic carbocycles. The number of amides is 2. The highest BCUT2D eigenvalue weighted by molar-refractivity contribution is 5.95. The SMILES string of the molecule is COc1ccc([C@H]2CC[C@H](CN(c3cccc(-c4cnn(C(C)C)c4)c3)C(=O)[C@H]3CC[C@H](OC(=O)NCC(C)(C)O)CC3)CC2)nc1C. The van der Waals surface area contributed by atoms with Crippen molar-refractivity contribution >= 4 is 17.7 Å². The van der Waals surface area contributed by atoms with Crippen molar-refractivity contribution in [2.24, 2.45) is 11.8 Å². The van der Waals surface area contributed by atoms with Crippen LogP contribution in [-0.2, 0) is 9.53 Å². The Morgan fingerprint density at radius 3 is 2.40 bits per heavy atom. The first-order chi connectivity index (χ1) is 22.9. The van der Waals surface area contributed by atoms with Gasteiger partial charge in [0.15, 0.2) is 0 Å². The van der Waals surface area contributed by atoms with E-state index in [0.29, 0.717) is 44.1 Å². The topological polar surface area (TPSA) is 119 Å². The van der Waals surface area contributed by atoms with E-state index in [0.717, 1.165) is 59.6 Å². The lowest BCUT2D eigenvalue weighted by Crippen LogP contribution is -2.43. The fourth-order valence-corrected chi connectivity index (χ4v) is 6.98. The number of nitrogens with zero attached hydrogens (tertiary/aromatic N) is 4. The summed E-state index contributed by atoms with van der Waals surface area (Å²) < 4.78 is 13.0. The first-order valence-corrected chi connectivity index (χ1v) is 17.5. The number of methoxy groups -OCH3 is 1. The fraction of sp³-hybridized carbons (Fsp3) is 0.579. The van der Waals surface area contributed by atoms with Crippen LogP contribution in [0.5, 0.6) is 5.75 Å². The minimum atomic E-state index is -1.01. The number of anilines is 1. The van der Waals surface area contributed by atoms with Gasteiger partial charge in [0.05, 0.1) is 24.6 Å². The summed E-state index contributed by atoms with van der Waals surface area (Å²) in [7, 11) is 1.68. The molecule has 0 radical (unpaired) electrons. The molecule has 0 unspecified atom stereocenters. The lowest BCUT2D eigenvalue weighted by atomic mass is 9.79. The largest absolute Gasteiger partial charge is 0.495 e. The summed E-state index contributed by atoms with van der Waals surface area (Å²) in [6.45, 7) is 10.3. The second kappa shape index (κ2) is 15.5. The number of rotatable bonds is 11. The number of benzene rings is 1. The molecule has 0 spiro atoms. The highest BCUT2D eigenvalue weighted by Crippen LogP contribution is 2.38. The van der Waals surface area contributed by atoms with E-state index in [1.165, 1.54) is 0 Å². The number of aromatic nitrogens is 3. The van der Waals surface area contributed by atoms with E-state index in [1.807, 2.05) is 40.9 Å². The van der Waals surface area contributed by atoms with Crippen molar-refractivity contribution in [1.82, 2.24) is 20.1 Å². The van der Waals surface area contributed by atoms with Crippen LogP contribution in [0.15, 0.2) is 48.8 Å². The van der Waals surface area contributed by atoms with Crippen LogP contribution >= 0.6 is 0 Å². The summed E-state index contributed by atoms with van der Waals surface area (Å²) in [6.07, 6.45) is 9.91. The van der Waals surface area contributed by atoms with Gasteiger partial charge in [0.1, 0.15) is 11.9 Å². The van der Waals surface area contributed by atoms with E-state index in [4.69, 9.17) is 14.5 Å². The third-order valence-electron chi connectivity index (χ3n) is 9.83. The Morgan fingerprint density at radius 2 is 1.77 bits per heavy atom. The molecule has 48 heavy (non-hydrogen) atoms. The van der Waals surface area contributed by atoms with Gasteiger partial charge in [0, 0.05) is 54.1 Å². The molecular weight excluding hydrogens is 606 g/mol. The maximum absolute atomic E-state index is 14.4. The van der Waals surface area contributed by atoms with E-state index < -0.39 is 11.7 Å². The number of carbonyl (C=O) groups excluding carboxylic acids is 2. The molecule has 2 aromatic heterocycles. The molecular formula is C38H53N5O5. The van der Waals surface area contributed by atoms with Gasteiger partial charge in [0.2, 0.25) is 5.91 Å². The zero-order chi connectivity index (χ0) is 34.4. The molecule has 2 N–H and O–H groups in total. The second-order valence-electron chi connectivity index (χ2n) is 14.6. The molecule has 2 saturated carbocycles. The summed E-state index contributed by atoms with van der Waals surface area (Å²) >= 11 is 0. The van der Waals surface area contributed by atoms with E-state index in [9.17, 15) is 14.7 Å². The number of hydrogen-bond acceptors (Lipinski definition) is 7. The molecule has 3 aromatic rings. The van der Waals surface area contributed by atoms with Crippen LogP contribution < -0.4 is 15.0 Å². The van der Waals surface area contributed by atoms with Gasteiger partial charge < -0.3 is 24.8 Å². The number of alkyl carbamates (subject to hydrolysis) is 1. The molecule has 10 heteroatoms. The summed E-state index contributed by atoms with van der Waals surface area (Å²) in [4.78, 5) is 33.5. The molecule has 10 nitrogen and oxygen atoms in total. The molecule has 1 aromatic carbocycles. The highest BCUT2D eigenvalue weighted by atomic mass is 16.6. The van der Waals surface area contributed by atoms with Gasteiger partial charge in [-0.2, -0.15) is 5.10 Å². The van der Waals surface area contributed by atoms with E-state index in [2.05, 4.69) is 48.7 Å². The minimum absolute atomic E-state index is 0.115. The smallest absolute Gasteiger partial charge is 0.407 e. The molecule has 260 valence electrons. The number of pyridine rings is 1. The Balaban J connectivity index is 1.28. The summed E-state index contributed by atoms with van der Waals surface area (Å²) in [5.74, 6) is 1.61. The Kier molecular flexibility index (Phi) is 11.5. The zero-order valence-corrected chi connectivity index (χ0v) is 29.4. The number of ether oxygens (including phenoxy) is 2. The number of hydrogen-bond donors (Lipinski definition) is 2. The van der Waals surface area contributed by atoms with Crippen LogP contribution in [0.3, 0.4) is 0 Å². The molecule has 2 fully saturated rings. The maximum atomic E-state index is 14.4. The van der Waals surface area contributed by atoms with Crippen LogP contribution in [0.4, 0.5) is 10.5 Å². The number of carbonyl (C=O) groups is 2. The van der Waals surface area contributed by atoms with Crippen LogP contribution in [-0.4, -0.2) is 63.8 Å².